The summed E-state index contributed by atoms with van der Waals surface area (Å²) in [5, 5.41) is 1.07. The molecule has 0 spiro atoms. The van der Waals surface area contributed by atoms with Crippen LogP contribution in [0.2, 0.25) is 0 Å². The number of nitrogens with zero attached hydrogens (tertiary/aromatic N) is 3. The van der Waals surface area contributed by atoms with Crippen molar-refractivity contribution in [2.24, 2.45) is 5.92 Å². The predicted octanol–water partition coefficient (Wildman–Crippen LogP) is 2.25. The van der Waals surface area contributed by atoms with Gasteiger partial charge < -0.3 is 4.90 Å². The number of aromatic nitrogens is 2. The molecule has 0 aromatic carbocycles. The molecular formula is C10H15N3S. The number of allylic oxidation sites excluding steroid dienone is 1. The van der Waals surface area contributed by atoms with E-state index in [0.29, 0.717) is 5.92 Å². The smallest absolute Gasteiger partial charge is 0.205 e. The highest BCUT2D eigenvalue weighted by Gasteiger charge is 2.19. The van der Waals surface area contributed by atoms with Gasteiger partial charge in [-0.1, -0.05) is 6.08 Å². The molecule has 1 aromatic heterocycles. The molecular weight excluding hydrogens is 194 g/mol. The van der Waals surface area contributed by atoms with Gasteiger partial charge in [0.1, 0.15) is 5.82 Å². The Bertz CT molecular complexity index is 313. The molecule has 2 rings (SSSR count). The minimum atomic E-state index is 0.695. The highest BCUT2D eigenvalue weighted by Crippen LogP contribution is 2.24. The lowest BCUT2D eigenvalue weighted by Gasteiger charge is -2.29. The van der Waals surface area contributed by atoms with E-state index in [4.69, 9.17) is 0 Å². The van der Waals surface area contributed by atoms with Gasteiger partial charge in [0.2, 0.25) is 5.13 Å². The van der Waals surface area contributed by atoms with Gasteiger partial charge in [-0.3, -0.25) is 0 Å². The highest BCUT2D eigenvalue weighted by molar-refractivity contribution is 7.09. The first-order valence-corrected chi connectivity index (χ1v) is 5.75. The van der Waals surface area contributed by atoms with Crippen LogP contribution in [0.25, 0.3) is 0 Å². The minimum absolute atomic E-state index is 0.695. The first-order valence-electron chi connectivity index (χ1n) is 4.97. The van der Waals surface area contributed by atoms with E-state index in [1.54, 1.807) is 0 Å². The number of hydrogen-bond acceptors (Lipinski definition) is 4. The molecule has 0 N–H and O–H groups in total. The summed E-state index contributed by atoms with van der Waals surface area (Å²) in [5.41, 5.74) is 0. The van der Waals surface area contributed by atoms with Crippen molar-refractivity contribution < 1.29 is 0 Å². The normalized spacial score (nSPS) is 18.5. The van der Waals surface area contributed by atoms with Crippen LogP contribution in [0.4, 0.5) is 5.13 Å². The number of hydrogen-bond donors (Lipinski definition) is 0. The monoisotopic (exact) mass is 209 g/mol. The van der Waals surface area contributed by atoms with E-state index < -0.39 is 0 Å². The summed E-state index contributed by atoms with van der Waals surface area (Å²) in [6.07, 6.45) is 4.47. The Morgan fingerprint density at radius 3 is 2.71 bits per heavy atom. The van der Waals surface area contributed by atoms with Crippen LogP contribution in [0, 0.1) is 12.8 Å². The quantitative estimate of drug-likeness (QED) is 0.700. The maximum atomic E-state index is 4.39. The Kier molecular flexibility index (Phi) is 2.82. The Labute approximate surface area is 88.6 Å². The van der Waals surface area contributed by atoms with E-state index in [1.807, 2.05) is 6.92 Å². The van der Waals surface area contributed by atoms with Crippen LogP contribution >= 0.6 is 11.5 Å². The van der Waals surface area contributed by atoms with E-state index in [1.165, 1.54) is 24.4 Å². The highest BCUT2D eigenvalue weighted by atomic mass is 32.1. The van der Waals surface area contributed by atoms with Gasteiger partial charge in [-0.2, -0.15) is 4.37 Å². The fourth-order valence-corrected chi connectivity index (χ4v) is 2.47. The molecule has 0 aliphatic carbocycles. The van der Waals surface area contributed by atoms with Crippen LogP contribution in [0.1, 0.15) is 18.7 Å². The Morgan fingerprint density at radius 1 is 1.50 bits per heavy atom. The fourth-order valence-electron chi connectivity index (χ4n) is 1.74. The lowest BCUT2D eigenvalue weighted by molar-refractivity contribution is 0.479. The average Bonchev–Trinajstić information content (AvgIpc) is 2.65. The minimum Gasteiger partial charge on any atom is -0.347 e. The molecule has 14 heavy (non-hydrogen) atoms. The first kappa shape index (κ1) is 9.65. The van der Waals surface area contributed by atoms with E-state index in [-0.39, 0.29) is 0 Å². The molecule has 1 fully saturated rings. The second kappa shape index (κ2) is 4.09. The molecule has 0 radical (unpaired) electrons. The van der Waals surface area contributed by atoms with E-state index in [0.717, 1.165) is 24.0 Å². The summed E-state index contributed by atoms with van der Waals surface area (Å²) in [4.78, 5) is 6.72. The lowest BCUT2D eigenvalue weighted by Crippen LogP contribution is -2.32. The van der Waals surface area contributed by atoms with Gasteiger partial charge in [0.15, 0.2) is 0 Å². The molecule has 0 unspecified atom stereocenters. The summed E-state index contributed by atoms with van der Waals surface area (Å²) >= 11 is 1.50. The Morgan fingerprint density at radius 2 is 2.21 bits per heavy atom. The summed E-state index contributed by atoms with van der Waals surface area (Å²) in [5.74, 6) is 1.58. The predicted molar refractivity (Wildman–Crippen MR) is 59.8 cm³/mol. The van der Waals surface area contributed by atoms with Crippen molar-refractivity contribution in [3.05, 3.63) is 18.5 Å². The number of anilines is 1. The van der Waals surface area contributed by atoms with Crippen molar-refractivity contribution in [1.29, 1.82) is 0 Å². The second-order valence-corrected chi connectivity index (χ2v) is 4.41. The summed E-state index contributed by atoms with van der Waals surface area (Å²) < 4.78 is 4.20. The zero-order valence-corrected chi connectivity index (χ0v) is 9.26. The Balaban J connectivity index is 1.98. The van der Waals surface area contributed by atoms with Crippen LogP contribution in [0.3, 0.4) is 0 Å². The van der Waals surface area contributed by atoms with Crippen LogP contribution in [0.5, 0.6) is 0 Å². The molecule has 1 aromatic rings. The third-order valence-electron chi connectivity index (χ3n) is 2.66. The standard InChI is InChI=1S/C10H15N3S/c1-3-9-4-6-13(7-5-9)10-11-8(2)12-14-10/h3,9H,1,4-7H2,2H3. The molecule has 76 valence electrons. The molecule has 0 atom stereocenters. The molecule has 0 saturated carbocycles. The van der Waals surface area contributed by atoms with E-state index >= 15 is 0 Å². The molecule has 2 heterocycles. The maximum Gasteiger partial charge on any atom is 0.205 e. The topological polar surface area (TPSA) is 29.0 Å². The molecule has 1 aliphatic rings. The number of aryl methyl sites for hydroxylation is 1. The van der Waals surface area contributed by atoms with Crippen molar-refractivity contribution in [2.45, 2.75) is 19.8 Å². The molecule has 1 saturated heterocycles. The van der Waals surface area contributed by atoms with Crippen LogP contribution in [-0.4, -0.2) is 22.4 Å². The largest absolute Gasteiger partial charge is 0.347 e. The van der Waals surface area contributed by atoms with Crippen molar-refractivity contribution in [3.63, 3.8) is 0 Å². The van der Waals surface area contributed by atoms with Crippen LogP contribution in [-0.2, 0) is 0 Å². The van der Waals surface area contributed by atoms with Crippen molar-refractivity contribution in [3.8, 4) is 0 Å². The summed E-state index contributed by atoms with van der Waals surface area (Å²) in [6, 6.07) is 0. The molecule has 0 bridgehead atoms. The summed E-state index contributed by atoms with van der Waals surface area (Å²) in [6.45, 7) is 7.96. The number of piperidine rings is 1. The molecule has 4 heteroatoms. The van der Waals surface area contributed by atoms with Gasteiger partial charge in [-0.25, -0.2) is 4.98 Å². The van der Waals surface area contributed by atoms with Gasteiger partial charge in [0, 0.05) is 24.6 Å². The average molecular weight is 209 g/mol. The van der Waals surface area contributed by atoms with E-state index in [2.05, 4.69) is 26.9 Å². The lowest BCUT2D eigenvalue weighted by atomic mass is 9.98. The van der Waals surface area contributed by atoms with Crippen molar-refractivity contribution in [2.75, 3.05) is 18.0 Å². The van der Waals surface area contributed by atoms with E-state index in [9.17, 15) is 0 Å². The van der Waals surface area contributed by atoms with Gasteiger partial charge in [0.25, 0.3) is 0 Å². The molecule has 0 amide bonds. The summed E-state index contributed by atoms with van der Waals surface area (Å²) in [7, 11) is 0. The third kappa shape index (κ3) is 1.95. The van der Waals surface area contributed by atoms with Gasteiger partial charge in [-0.15, -0.1) is 6.58 Å². The second-order valence-electron chi connectivity index (χ2n) is 3.68. The maximum absolute atomic E-state index is 4.39. The van der Waals surface area contributed by atoms with Crippen LogP contribution < -0.4 is 4.90 Å². The zero-order chi connectivity index (χ0) is 9.97. The third-order valence-corrected chi connectivity index (χ3v) is 3.53. The van der Waals surface area contributed by atoms with Crippen molar-refractivity contribution >= 4 is 16.7 Å². The zero-order valence-electron chi connectivity index (χ0n) is 8.44. The molecule has 1 aliphatic heterocycles. The molecule has 3 nitrogen and oxygen atoms in total. The fraction of sp³-hybridized carbons (Fsp3) is 0.600. The number of rotatable bonds is 2. The van der Waals surface area contributed by atoms with Gasteiger partial charge >= 0.3 is 0 Å². The van der Waals surface area contributed by atoms with Gasteiger partial charge in [0.05, 0.1) is 0 Å². The first-order chi connectivity index (χ1) is 6.79. The SMILES string of the molecule is C=CC1CCN(c2nc(C)ns2)CC1. The van der Waals surface area contributed by atoms with Crippen molar-refractivity contribution in [1.82, 2.24) is 9.36 Å². The van der Waals surface area contributed by atoms with Crippen LogP contribution in [0.15, 0.2) is 12.7 Å². The Hall–Kier alpha value is -0.900. The van der Waals surface area contributed by atoms with Gasteiger partial charge in [-0.05, 0) is 25.7 Å².